The van der Waals surface area contributed by atoms with Gasteiger partial charge >= 0.3 is 0 Å². The van der Waals surface area contributed by atoms with Crippen molar-refractivity contribution in [2.24, 2.45) is 4.99 Å². The maximum atomic E-state index is 4.24. The fraction of sp³-hybridized carbons (Fsp3) is 0.0833. The second kappa shape index (κ2) is 3.02. The molecule has 1 aliphatic carbocycles. The van der Waals surface area contributed by atoms with Crippen LogP contribution >= 0.6 is 0 Å². The van der Waals surface area contributed by atoms with Gasteiger partial charge in [-0.05, 0) is 11.1 Å². The van der Waals surface area contributed by atoms with Crippen LogP contribution in [0.1, 0.15) is 11.1 Å². The first-order valence-electron chi connectivity index (χ1n) is 4.26. The topological polar surface area (TPSA) is 12.4 Å². The van der Waals surface area contributed by atoms with Crippen molar-refractivity contribution < 1.29 is 0 Å². The number of allylic oxidation sites excluding steroid dienone is 2. The molecule has 13 heavy (non-hydrogen) atoms. The van der Waals surface area contributed by atoms with Crippen LogP contribution in [0.5, 0.6) is 0 Å². The lowest BCUT2D eigenvalue weighted by Crippen LogP contribution is -2.07. The van der Waals surface area contributed by atoms with Gasteiger partial charge in [-0.2, -0.15) is 0 Å². The van der Waals surface area contributed by atoms with Gasteiger partial charge in [0.25, 0.3) is 0 Å². The molecule has 2 rings (SSSR count). The van der Waals surface area contributed by atoms with Crippen LogP contribution in [0.3, 0.4) is 0 Å². The molecule has 0 fully saturated rings. The molecule has 0 amide bonds. The van der Waals surface area contributed by atoms with E-state index in [0.29, 0.717) is 0 Å². The van der Waals surface area contributed by atoms with E-state index in [-0.39, 0.29) is 0 Å². The van der Waals surface area contributed by atoms with Gasteiger partial charge in [0.1, 0.15) is 0 Å². The van der Waals surface area contributed by atoms with Gasteiger partial charge in [0.2, 0.25) is 0 Å². The normalized spacial score (nSPS) is 17.6. The Morgan fingerprint density at radius 3 is 2.69 bits per heavy atom. The summed E-state index contributed by atoms with van der Waals surface area (Å²) < 4.78 is 0. The van der Waals surface area contributed by atoms with E-state index in [4.69, 9.17) is 0 Å². The van der Waals surface area contributed by atoms with E-state index in [1.54, 1.807) is 7.05 Å². The van der Waals surface area contributed by atoms with E-state index >= 15 is 0 Å². The molecule has 1 aliphatic rings. The fourth-order valence-electron chi connectivity index (χ4n) is 1.56. The minimum atomic E-state index is 0.987. The second-order valence-corrected chi connectivity index (χ2v) is 3.02. The number of fused-ring (bicyclic) bond motifs is 1. The SMILES string of the molecule is C=C1C=Cc2ccccc2/C1=N/C. The van der Waals surface area contributed by atoms with Crippen molar-refractivity contribution in [1.29, 1.82) is 0 Å². The molecule has 0 aromatic heterocycles. The van der Waals surface area contributed by atoms with Crippen molar-refractivity contribution in [3.63, 3.8) is 0 Å². The molecular formula is C12H11N. The standard InChI is InChI=1S/C12H11N/c1-9-7-8-10-5-3-4-6-11(10)12(9)13-2/h3-8H,1H2,2H3/b13-12+. The molecule has 0 unspecified atom stereocenters. The van der Waals surface area contributed by atoms with Crippen molar-refractivity contribution in [3.8, 4) is 0 Å². The Balaban J connectivity index is 2.67. The van der Waals surface area contributed by atoms with Gasteiger partial charge in [-0.25, -0.2) is 0 Å². The van der Waals surface area contributed by atoms with Gasteiger partial charge in [-0.1, -0.05) is 43.0 Å². The minimum absolute atomic E-state index is 0.987. The first-order valence-corrected chi connectivity index (χ1v) is 4.26. The third-order valence-corrected chi connectivity index (χ3v) is 2.21. The summed E-state index contributed by atoms with van der Waals surface area (Å²) in [6, 6.07) is 8.22. The number of hydrogen-bond donors (Lipinski definition) is 0. The molecule has 0 saturated carbocycles. The molecular weight excluding hydrogens is 158 g/mol. The predicted molar refractivity (Wildman–Crippen MR) is 57.1 cm³/mol. The number of hydrogen-bond acceptors (Lipinski definition) is 1. The molecule has 0 N–H and O–H groups in total. The molecule has 0 atom stereocenters. The van der Waals surface area contributed by atoms with Crippen molar-refractivity contribution >= 4 is 11.8 Å². The van der Waals surface area contributed by atoms with Gasteiger partial charge in [-0.3, -0.25) is 4.99 Å². The Labute approximate surface area is 78.1 Å². The van der Waals surface area contributed by atoms with Crippen LogP contribution in [0.15, 0.2) is 47.5 Å². The molecule has 0 bridgehead atoms. The highest BCUT2D eigenvalue weighted by Gasteiger charge is 2.12. The zero-order valence-corrected chi connectivity index (χ0v) is 7.62. The van der Waals surface area contributed by atoms with Gasteiger partial charge in [0.05, 0.1) is 5.71 Å². The molecule has 0 aliphatic heterocycles. The summed E-state index contributed by atoms with van der Waals surface area (Å²) in [5, 5.41) is 0. The summed E-state index contributed by atoms with van der Waals surface area (Å²) >= 11 is 0. The molecule has 1 heteroatoms. The lowest BCUT2D eigenvalue weighted by Gasteiger charge is -2.13. The molecule has 0 heterocycles. The highest BCUT2D eigenvalue weighted by atomic mass is 14.7. The zero-order chi connectivity index (χ0) is 9.26. The quantitative estimate of drug-likeness (QED) is 0.566. The Morgan fingerprint density at radius 2 is 1.92 bits per heavy atom. The van der Waals surface area contributed by atoms with Crippen molar-refractivity contribution in [2.45, 2.75) is 0 Å². The summed E-state index contributed by atoms with van der Waals surface area (Å²) in [6.07, 6.45) is 4.08. The Morgan fingerprint density at radius 1 is 1.15 bits per heavy atom. The second-order valence-electron chi connectivity index (χ2n) is 3.02. The summed E-state index contributed by atoms with van der Waals surface area (Å²) in [5.41, 5.74) is 4.38. The lowest BCUT2D eigenvalue weighted by molar-refractivity contribution is 1.41. The molecule has 1 aromatic rings. The summed E-state index contributed by atoms with van der Waals surface area (Å²) in [7, 11) is 1.80. The van der Waals surface area contributed by atoms with Gasteiger partial charge in [0, 0.05) is 12.6 Å². The van der Waals surface area contributed by atoms with Crippen LogP contribution in [-0.2, 0) is 0 Å². The largest absolute Gasteiger partial charge is 0.287 e. The number of benzene rings is 1. The maximum absolute atomic E-state index is 4.24. The average molecular weight is 169 g/mol. The lowest BCUT2D eigenvalue weighted by atomic mass is 9.93. The van der Waals surface area contributed by atoms with Gasteiger partial charge in [0.15, 0.2) is 0 Å². The average Bonchev–Trinajstić information content (AvgIpc) is 2.18. The number of rotatable bonds is 0. The molecule has 0 radical (unpaired) electrons. The smallest absolute Gasteiger partial charge is 0.0715 e. The summed E-state index contributed by atoms with van der Waals surface area (Å²) in [5.74, 6) is 0. The monoisotopic (exact) mass is 169 g/mol. The van der Waals surface area contributed by atoms with Crippen molar-refractivity contribution in [2.75, 3.05) is 7.05 Å². The Kier molecular flexibility index (Phi) is 1.85. The molecule has 0 saturated heterocycles. The molecule has 0 spiro atoms. The van der Waals surface area contributed by atoms with E-state index in [1.807, 2.05) is 18.2 Å². The highest BCUT2D eigenvalue weighted by Crippen LogP contribution is 2.21. The Hall–Kier alpha value is -1.63. The molecule has 1 aromatic carbocycles. The molecule has 1 nitrogen and oxygen atoms in total. The van der Waals surface area contributed by atoms with E-state index in [0.717, 1.165) is 11.3 Å². The first kappa shape index (κ1) is 7.99. The fourth-order valence-corrected chi connectivity index (χ4v) is 1.56. The van der Waals surface area contributed by atoms with Crippen molar-refractivity contribution in [3.05, 3.63) is 53.6 Å². The van der Waals surface area contributed by atoms with Crippen LogP contribution in [0.25, 0.3) is 6.08 Å². The van der Waals surface area contributed by atoms with E-state index in [1.165, 1.54) is 11.1 Å². The maximum Gasteiger partial charge on any atom is 0.0715 e. The third kappa shape index (κ3) is 1.22. The van der Waals surface area contributed by atoms with Crippen LogP contribution in [0, 0.1) is 0 Å². The highest BCUT2D eigenvalue weighted by molar-refractivity contribution is 6.18. The van der Waals surface area contributed by atoms with Crippen LogP contribution in [-0.4, -0.2) is 12.8 Å². The summed E-state index contributed by atoms with van der Waals surface area (Å²) in [4.78, 5) is 4.24. The van der Waals surface area contributed by atoms with Crippen LogP contribution in [0.2, 0.25) is 0 Å². The Bertz CT molecular complexity index is 411. The molecule has 64 valence electrons. The zero-order valence-electron chi connectivity index (χ0n) is 7.62. The first-order chi connectivity index (χ1) is 6.33. The number of aliphatic imine (C=N–C) groups is 1. The van der Waals surface area contributed by atoms with Gasteiger partial charge < -0.3 is 0 Å². The van der Waals surface area contributed by atoms with Crippen LogP contribution in [0.4, 0.5) is 0 Å². The number of nitrogens with zero attached hydrogens (tertiary/aromatic N) is 1. The van der Waals surface area contributed by atoms with Crippen molar-refractivity contribution in [1.82, 2.24) is 0 Å². The third-order valence-electron chi connectivity index (χ3n) is 2.21. The van der Waals surface area contributed by atoms with E-state index < -0.39 is 0 Å². The van der Waals surface area contributed by atoms with Gasteiger partial charge in [-0.15, -0.1) is 0 Å². The van der Waals surface area contributed by atoms with Crippen LogP contribution < -0.4 is 0 Å². The summed E-state index contributed by atoms with van der Waals surface area (Å²) in [6.45, 7) is 3.95. The van der Waals surface area contributed by atoms with E-state index in [9.17, 15) is 0 Å². The predicted octanol–water partition coefficient (Wildman–Crippen LogP) is 2.69. The minimum Gasteiger partial charge on any atom is -0.287 e. The van der Waals surface area contributed by atoms with E-state index in [2.05, 4.69) is 29.8 Å².